The van der Waals surface area contributed by atoms with E-state index in [0.29, 0.717) is 5.02 Å². The Morgan fingerprint density at radius 2 is 1.88 bits per heavy atom. The topological polar surface area (TPSA) is 30.0 Å². The molecule has 0 saturated heterocycles. The van der Waals surface area contributed by atoms with E-state index in [4.69, 9.17) is 11.6 Å². The van der Waals surface area contributed by atoms with Gasteiger partial charge in [0.15, 0.2) is 0 Å². The van der Waals surface area contributed by atoms with E-state index in [0.717, 1.165) is 27.7 Å². The van der Waals surface area contributed by atoms with Crippen LogP contribution in [-0.2, 0) is 4.79 Å². The van der Waals surface area contributed by atoms with Gasteiger partial charge < -0.3 is 0 Å². The highest BCUT2D eigenvalue weighted by Gasteiger charge is 2.09. The van der Waals surface area contributed by atoms with Crippen LogP contribution in [0.3, 0.4) is 0 Å². The van der Waals surface area contributed by atoms with E-state index >= 15 is 0 Å². The van der Waals surface area contributed by atoms with E-state index in [-0.39, 0.29) is 11.7 Å². The van der Waals surface area contributed by atoms with Crippen molar-refractivity contribution in [1.82, 2.24) is 4.98 Å². The predicted octanol–water partition coefficient (Wildman–Crippen LogP) is 5.75. The van der Waals surface area contributed by atoms with Crippen LogP contribution in [0, 0.1) is 0 Å². The third kappa shape index (κ3) is 3.72. The maximum atomic E-state index is 11.5. The summed E-state index contributed by atoms with van der Waals surface area (Å²) in [5.41, 5.74) is 3.83. The SMILES string of the molecule is CC(=O)C(C)c1cccc(C=Cc2ccc3ccc(Cl)cc3n2)c1. The Kier molecular flexibility index (Phi) is 4.77. The molecule has 3 rings (SSSR count). The minimum atomic E-state index is -0.0840. The number of carbonyl (C=O) groups is 1. The van der Waals surface area contributed by atoms with Crippen LogP contribution in [0.4, 0.5) is 0 Å². The molecule has 1 atom stereocenters. The second kappa shape index (κ2) is 6.98. The maximum absolute atomic E-state index is 11.5. The molecule has 0 fully saturated rings. The van der Waals surface area contributed by atoms with E-state index < -0.39 is 0 Å². The van der Waals surface area contributed by atoms with Crippen molar-refractivity contribution in [3.8, 4) is 0 Å². The number of nitrogens with zero attached hydrogens (tertiary/aromatic N) is 1. The summed E-state index contributed by atoms with van der Waals surface area (Å²) >= 11 is 6.03. The monoisotopic (exact) mass is 335 g/mol. The van der Waals surface area contributed by atoms with Crippen molar-refractivity contribution in [2.75, 3.05) is 0 Å². The van der Waals surface area contributed by atoms with Gasteiger partial charge >= 0.3 is 0 Å². The highest BCUT2D eigenvalue weighted by atomic mass is 35.5. The quantitative estimate of drug-likeness (QED) is 0.607. The number of rotatable bonds is 4. The number of Topliss-reactive ketones (excluding diaryl/α,β-unsaturated/α-hetero) is 1. The van der Waals surface area contributed by atoms with Crippen molar-refractivity contribution in [2.45, 2.75) is 19.8 Å². The van der Waals surface area contributed by atoms with Gasteiger partial charge in [0.1, 0.15) is 5.78 Å². The first-order chi connectivity index (χ1) is 11.5. The van der Waals surface area contributed by atoms with Crippen LogP contribution in [0.25, 0.3) is 23.1 Å². The zero-order valence-electron chi connectivity index (χ0n) is 13.7. The van der Waals surface area contributed by atoms with Crippen LogP contribution < -0.4 is 0 Å². The Hall–Kier alpha value is -2.45. The van der Waals surface area contributed by atoms with E-state index in [1.54, 1.807) is 6.92 Å². The molecule has 120 valence electrons. The lowest BCUT2D eigenvalue weighted by molar-refractivity contribution is -0.118. The van der Waals surface area contributed by atoms with Gasteiger partial charge in [0, 0.05) is 16.3 Å². The van der Waals surface area contributed by atoms with Crippen LogP contribution in [-0.4, -0.2) is 10.8 Å². The first-order valence-electron chi connectivity index (χ1n) is 7.88. The van der Waals surface area contributed by atoms with Crippen molar-refractivity contribution in [3.05, 3.63) is 76.4 Å². The molecule has 0 amide bonds. The Morgan fingerprint density at radius 1 is 1.08 bits per heavy atom. The van der Waals surface area contributed by atoms with Gasteiger partial charge in [-0.05, 0) is 42.3 Å². The molecule has 1 aromatic heterocycles. The molecule has 24 heavy (non-hydrogen) atoms. The van der Waals surface area contributed by atoms with Crippen molar-refractivity contribution in [2.24, 2.45) is 0 Å². The van der Waals surface area contributed by atoms with Crippen molar-refractivity contribution < 1.29 is 4.79 Å². The van der Waals surface area contributed by atoms with Gasteiger partial charge in [0.25, 0.3) is 0 Å². The van der Waals surface area contributed by atoms with Gasteiger partial charge in [-0.15, -0.1) is 0 Å². The molecule has 2 aromatic carbocycles. The Labute approximate surface area is 146 Å². The molecule has 0 saturated carbocycles. The molecule has 3 aromatic rings. The molecule has 1 heterocycles. The first-order valence-corrected chi connectivity index (χ1v) is 8.25. The molecule has 0 aliphatic heterocycles. The van der Waals surface area contributed by atoms with Crippen LogP contribution in [0.15, 0.2) is 54.6 Å². The number of aromatic nitrogens is 1. The third-order valence-corrected chi connectivity index (χ3v) is 4.38. The average molecular weight is 336 g/mol. The van der Waals surface area contributed by atoms with Gasteiger partial charge in [-0.25, -0.2) is 4.98 Å². The summed E-state index contributed by atoms with van der Waals surface area (Å²) in [6.45, 7) is 3.55. The highest BCUT2D eigenvalue weighted by Crippen LogP contribution is 2.20. The largest absolute Gasteiger partial charge is 0.299 e. The fourth-order valence-corrected chi connectivity index (χ4v) is 2.71. The minimum Gasteiger partial charge on any atom is -0.299 e. The number of ketones is 1. The molecule has 0 bridgehead atoms. The zero-order valence-corrected chi connectivity index (χ0v) is 14.4. The standard InChI is InChI=1S/C21H18ClNO/c1-14(15(2)24)18-5-3-4-16(12-18)6-10-20-11-8-17-7-9-19(22)13-21(17)23-20/h3-14H,1-2H3. The van der Waals surface area contributed by atoms with Crippen molar-refractivity contribution in [3.63, 3.8) is 0 Å². The number of hydrogen-bond acceptors (Lipinski definition) is 2. The second-order valence-corrected chi connectivity index (χ2v) is 6.35. The summed E-state index contributed by atoms with van der Waals surface area (Å²) < 4.78 is 0. The molecule has 0 radical (unpaired) electrons. The number of halogens is 1. The van der Waals surface area contributed by atoms with Crippen LogP contribution >= 0.6 is 11.6 Å². The molecule has 3 heteroatoms. The number of pyridine rings is 1. The molecular weight excluding hydrogens is 318 g/mol. The zero-order chi connectivity index (χ0) is 17.1. The lowest BCUT2D eigenvalue weighted by Gasteiger charge is -2.08. The van der Waals surface area contributed by atoms with E-state index in [1.807, 2.05) is 73.7 Å². The van der Waals surface area contributed by atoms with Gasteiger partial charge in [-0.3, -0.25) is 4.79 Å². The number of hydrogen-bond donors (Lipinski definition) is 0. The van der Waals surface area contributed by atoms with Gasteiger partial charge in [-0.2, -0.15) is 0 Å². The molecular formula is C21H18ClNO. The summed E-state index contributed by atoms with van der Waals surface area (Å²) in [5.74, 6) is 0.0866. The molecule has 2 nitrogen and oxygen atoms in total. The van der Waals surface area contributed by atoms with E-state index in [2.05, 4.69) is 4.98 Å². The summed E-state index contributed by atoms with van der Waals surface area (Å²) in [6, 6.07) is 17.7. The number of carbonyl (C=O) groups excluding carboxylic acids is 1. The van der Waals surface area contributed by atoms with Gasteiger partial charge in [0.2, 0.25) is 0 Å². The van der Waals surface area contributed by atoms with Crippen molar-refractivity contribution in [1.29, 1.82) is 0 Å². The molecule has 0 spiro atoms. The smallest absolute Gasteiger partial charge is 0.136 e. The average Bonchev–Trinajstić information content (AvgIpc) is 2.59. The predicted molar refractivity (Wildman–Crippen MR) is 101 cm³/mol. The second-order valence-electron chi connectivity index (χ2n) is 5.91. The van der Waals surface area contributed by atoms with E-state index in [1.165, 1.54) is 0 Å². The number of benzene rings is 2. The summed E-state index contributed by atoms with van der Waals surface area (Å²) in [7, 11) is 0. The summed E-state index contributed by atoms with van der Waals surface area (Å²) in [5, 5.41) is 1.75. The first kappa shape index (κ1) is 16.4. The fraction of sp³-hybridized carbons (Fsp3) is 0.143. The van der Waals surface area contributed by atoms with Gasteiger partial charge in [-0.1, -0.05) is 61.0 Å². The molecule has 0 N–H and O–H groups in total. The summed E-state index contributed by atoms with van der Waals surface area (Å²) in [6.07, 6.45) is 3.98. The Bertz CT molecular complexity index is 930. The maximum Gasteiger partial charge on any atom is 0.136 e. The van der Waals surface area contributed by atoms with Crippen LogP contribution in [0.2, 0.25) is 5.02 Å². The molecule has 1 unspecified atom stereocenters. The summed E-state index contributed by atoms with van der Waals surface area (Å²) in [4.78, 5) is 16.2. The number of fused-ring (bicyclic) bond motifs is 1. The minimum absolute atomic E-state index is 0.0840. The van der Waals surface area contributed by atoms with Crippen molar-refractivity contribution >= 4 is 40.4 Å². The third-order valence-electron chi connectivity index (χ3n) is 4.14. The highest BCUT2D eigenvalue weighted by molar-refractivity contribution is 6.31. The normalized spacial score (nSPS) is 12.6. The Balaban J connectivity index is 1.88. The van der Waals surface area contributed by atoms with E-state index in [9.17, 15) is 4.79 Å². The lowest BCUT2D eigenvalue weighted by Crippen LogP contribution is -2.03. The van der Waals surface area contributed by atoms with Crippen LogP contribution in [0.1, 0.15) is 36.6 Å². The fourth-order valence-electron chi connectivity index (χ4n) is 2.55. The lowest BCUT2D eigenvalue weighted by atomic mass is 9.96. The molecule has 0 aliphatic carbocycles. The van der Waals surface area contributed by atoms with Crippen LogP contribution in [0.5, 0.6) is 0 Å². The Morgan fingerprint density at radius 3 is 2.67 bits per heavy atom. The molecule has 0 aliphatic rings. The van der Waals surface area contributed by atoms with Gasteiger partial charge in [0.05, 0.1) is 11.2 Å².